The predicted molar refractivity (Wildman–Crippen MR) is 127 cm³/mol. The highest BCUT2D eigenvalue weighted by Crippen LogP contribution is 2.42. The minimum absolute atomic E-state index is 0.0311. The second-order valence-corrected chi connectivity index (χ2v) is 9.06. The van der Waals surface area contributed by atoms with E-state index in [2.05, 4.69) is 24.0 Å². The van der Waals surface area contributed by atoms with Gasteiger partial charge in [-0.05, 0) is 30.9 Å². The van der Waals surface area contributed by atoms with Crippen molar-refractivity contribution in [3.05, 3.63) is 71.3 Å². The fraction of sp³-hybridized carbons (Fsp3) is 0.462. The number of nitrogens with zero attached hydrogens (tertiary/aromatic N) is 3. The van der Waals surface area contributed by atoms with Crippen molar-refractivity contribution in [3.8, 4) is 0 Å². The fourth-order valence-corrected chi connectivity index (χ4v) is 5.03. The number of nitrogens with two attached hydrogens (primary N) is 1. The molecule has 0 aromatic heterocycles. The van der Waals surface area contributed by atoms with E-state index in [0.717, 1.165) is 31.2 Å². The third kappa shape index (κ3) is 4.65. The summed E-state index contributed by atoms with van der Waals surface area (Å²) in [6, 6.07) is 17.7. The highest BCUT2D eigenvalue weighted by Gasteiger charge is 2.48. The maximum absolute atomic E-state index is 13.6. The second kappa shape index (κ2) is 9.74. The second-order valence-electron chi connectivity index (χ2n) is 9.06. The molecule has 1 atom stereocenters. The van der Waals surface area contributed by atoms with Crippen LogP contribution in [0.5, 0.6) is 0 Å². The molecule has 4 rings (SSSR count). The first-order valence-electron chi connectivity index (χ1n) is 11.7. The van der Waals surface area contributed by atoms with Crippen LogP contribution in [0.25, 0.3) is 0 Å². The molecule has 6 nitrogen and oxygen atoms in total. The van der Waals surface area contributed by atoms with E-state index in [4.69, 9.17) is 5.73 Å². The van der Waals surface area contributed by atoms with Crippen LogP contribution in [0.2, 0.25) is 0 Å². The van der Waals surface area contributed by atoms with E-state index in [-0.39, 0.29) is 11.8 Å². The van der Waals surface area contributed by atoms with E-state index in [0.29, 0.717) is 44.2 Å². The molecule has 1 saturated heterocycles. The van der Waals surface area contributed by atoms with Crippen molar-refractivity contribution in [3.63, 3.8) is 0 Å². The Kier molecular flexibility index (Phi) is 6.80. The molecule has 32 heavy (non-hydrogen) atoms. The molecule has 1 aliphatic heterocycles. The molecule has 1 heterocycles. The van der Waals surface area contributed by atoms with Gasteiger partial charge < -0.3 is 20.6 Å². The summed E-state index contributed by atoms with van der Waals surface area (Å²) in [4.78, 5) is 22.0. The van der Waals surface area contributed by atoms with Crippen LogP contribution in [-0.4, -0.2) is 53.0 Å². The summed E-state index contributed by atoms with van der Waals surface area (Å²) >= 11 is 0. The van der Waals surface area contributed by atoms with Crippen LogP contribution in [0.1, 0.15) is 42.4 Å². The Morgan fingerprint density at radius 3 is 2.34 bits per heavy atom. The number of carbonyl (C=O) groups excluding carboxylic acids is 1. The highest BCUT2D eigenvalue weighted by molar-refractivity contribution is 5.87. The van der Waals surface area contributed by atoms with Crippen molar-refractivity contribution in [2.24, 2.45) is 16.6 Å². The predicted octanol–water partition coefficient (Wildman–Crippen LogP) is 3.03. The number of piperazine rings is 1. The zero-order valence-corrected chi connectivity index (χ0v) is 18.9. The summed E-state index contributed by atoms with van der Waals surface area (Å²) in [7, 11) is 0. The molecule has 3 N–H and O–H groups in total. The van der Waals surface area contributed by atoms with Crippen molar-refractivity contribution in [2.45, 2.75) is 44.8 Å². The Morgan fingerprint density at radius 1 is 1.03 bits per heavy atom. The van der Waals surface area contributed by atoms with E-state index in [1.165, 1.54) is 5.56 Å². The first kappa shape index (κ1) is 22.3. The lowest BCUT2D eigenvalue weighted by Crippen LogP contribution is -2.58. The summed E-state index contributed by atoms with van der Waals surface area (Å²) in [6.07, 6.45) is 3.90. The van der Waals surface area contributed by atoms with Crippen LogP contribution in [-0.2, 0) is 16.9 Å². The largest absolute Gasteiger partial charge is 0.375 e. The van der Waals surface area contributed by atoms with Crippen molar-refractivity contribution in [1.29, 1.82) is 0 Å². The molecule has 2 aromatic carbocycles. The number of aliphatic hydroxyl groups is 1. The molecular formula is C26H34N4O2. The van der Waals surface area contributed by atoms with Crippen molar-refractivity contribution in [1.82, 2.24) is 9.80 Å². The van der Waals surface area contributed by atoms with Crippen LogP contribution in [0.4, 0.5) is 0 Å². The lowest BCUT2D eigenvalue weighted by molar-refractivity contribution is -0.160. The first-order valence-corrected chi connectivity index (χ1v) is 11.7. The molecule has 0 radical (unpaired) electrons. The van der Waals surface area contributed by atoms with E-state index in [1.807, 2.05) is 47.4 Å². The molecule has 1 aliphatic carbocycles. The third-order valence-corrected chi connectivity index (χ3v) is 6.88. The van der Waals surface area contributed by atoms with Gasteiger partial charge in [-0.25, -0.2) is 4.99 Å². The molecule has 1 unspecified atom stereocenters. The van der Waals surface area contributed by atoms with Gasteiger partial charge in [0.05, 0.1) is 6.54 Å². The standard InChI is InChI=1S/C26H34N4O2/c1-20-8-7-9-21(18-20)19-28-25(27)30-16-14-29(15-17-30)24(31)26(32,23-12-5-6-13-23)22-10-3-2-4-11-22/h2-4,7-11,18,23,32H,5-6,12-17,19H2,1H3,(H2,27,28). The molecule has 0 spiro atoms. The number of hydrogen-bond acceptors (Lipinski definition) is 3. The van der Waals surface area contributed by atoms with Gasteiger partial charge >= 0.3 is 0 Å². The van der Waals surface area contributed by atoms with Crippen molar-refractivity contribution in [2.75, 3.05) is 26.2 Å². The van der Waals surface area contributed by atoms with Crippen molar-refractivity contribution >= 4 is 11.9 Å². The molecule has 1 amide bonds. The number of carbonyl (C=O) groups is 1. The maximum atomic E-state index is 13.6. The molecule has 2 aromatic rings. The summed E-state index contributed by atoms with van der Waals surface area (Å²) in [5.41, 5.74) is 7.84. The Bertz CT molecular complexity index is 947. The number of amides is 1. The Balaban J connectivity index is 1.42. The van der Waals surface area contributed by atoms with Crippen molar-refractivity contribution < 1.29 is 9.90 Å². The van der Waals surface area contributed by atoms with E-state index in [9.17, 15) is 9.90 Å². The normalized spacial score (nSPS) is 19.8. The van der Waals surface area contributed by atoms with Crippen LogP contribution in [0, 0.1) is 12.8 Å². The SMILES string of the molecule is Cc1cccc(CN=C(N)N2CCN(C(=O)C(O)(c3ccccc3)C3CCCC3)CC2)c1. The van der Waals surface area contributed by atoms with Gasteiger partial charge in [0, 0.05) is 32.1 Å². The summed E-state index contributed by atoms with van der Waals surface area (Å²) in [5.74, 6) is 0.301. The number of guanidine groups is 1. The molecule has 2 aliphatic rings. The lowest BCUT2D eigenvalue weighted by atomic mass is 9.79. The molecule has 2 fully saturated rings. The van der Waals surface area contributed by atoms with Crippen LogP contribution in [0.3, 0.4) is 0 Å². The topological polar surface area (TPSA) is 82.2 Å². The van der Waals surface area contributed by atoms with E-state index < -0.39 is 5.60 Å². The van der Waals surface area contributed by atoms with Gasteiger partial charge in [-0.15, -0.1) is 0 Å². The average molecular weight is 435 g/mol. The lowest BCUT2D eigenvalue weighted by Gasteiger charge is -2.41. The van der Waals surface area contributed by atoms with Gasteiger partial charge in [-0.2, -0.15) is 0 Å². The van der Waals surface area contributed by atoms with E-state index >= 15 is 0 Å². The van der Waals surface area contributed by atoms with E-state index in [1.54, 1.807) is 4.90 Å². The third-order valence-electron chi connectivity index (χ3n) is 6.88. The molecular weight excluding hydrogens is 400 g/mol. The van der Waals surface area contributed by atoms with Crippen LogP contribution in [0.15, 0.2) is 59.6 Å². The molecule has 6 heteroatoms. The Labute approximate surface area is 190 Å². The van der Waals surface area contributed by atoms with Gasteiger partial charge in [0.1, 0.15) is 0 Å². The fourth-order valence-electron chi connectivity index (χ4n) is 5.03. The maximum Gasteiger partial charge on any atom is 0.259 e. The zero-order chi connectivity index (χ0) is 22.6. The van der Waals surface area contributed by atoms with Gasteiger partial charge in [0.2, 0.25) is 0 Å². The number of aryl methyl sites for hydroxylation is 1. The van der Waals surface area contributed by atoms with Gasteiger partial charge in [-0.1, -0.05) is 73.0 Å². The van der Waals surface area contributed by atoms with Gasteiger partial charge in [-0.3, -0.25) is 4.79 Å². The Hall–Kier alpha value is -2.86. The van der Waals surface area contributed by atoms with Crippen LogP contribution < -0.4 is 5.73 Å². The first-order chi connectivity index (χ1) is 15.5. The average Bonchev–Trinajstić information content (AvgIpc) is 3.38. The molecule has 0 bridgehead atoms. The number of benzene rings is 2. The highest BCUT2D eigenvalue weighted by atomic mass is 16.3. The quantitative estimate of drug-likeness (QED) is 0.560. The number of aliphatic imine (C=N–C) groups is 1. The minimum atomic E-state index is -1.45. The molecule has 170 valence electrons. The number of rotatable bonds is 5. The van der Waals surface area contributed by atoms with Gasteiger partial charge in [0.25, 0.3) is 5.91 Å². The summed E-state index contributed by atoms with van der Waals surface area (Å²) in [6.45, 7) is 4.90. The Morgan fingerprint density at radius 2 is 1.69 bits per heavy atom. The van der Waals surface area contributed by atoms with Crippen LogP contribution >= 0.6 is 0 Å². The minimum Gasteiger partial charge on any atom is -0.375 e. The molecule has 1 saturated carbocycles. The summed E-state index contributed by atoms with van der Waals surface area (Å²) in [5, 5.41) is 11.8. The zero-order valence-electron chi connectivity index (χ0n) is 18.9. The number of hydrogen-bond donors (Lipinski definition) is 2. The summed E-state index contributed by atoms with van der Waals surface area (Å²) < 4.78 is 0. The monoisotopic (exact) mass is 434 g/mol. The smallest absolute Gasteiger partial charge is 0.259 e. The van der Waals surface area contributed by atoms with Gasteiger partial charge in [0.15, 0.2) is 11.6 Å².